The number of hydrogen-bond acceptors (Lipinski definition) is 5. The molecule has 3 rings (SSSR count). The number of aromatic carboxylic acids is 1. The van der Waals surface area contributed by atoms with E-state index in [9.17, 15) is 9.59 Å². The van der Waals surface area contributed by atoms with Gasteiger partial charge in [0.15, 0.2) is 5.17 Å². The van der Waals surface area contributed by atoms with Gasteiger partial charge in [-0.05, 0) is 41.6 Å². The number of benzene rings is 1. The number of carboxylic acids is 1. The van der Waals surface area contributed by atoms with Crippen LogP contribution >= 0.6 is 23.4 Å². The van der Waals surface area contributed by atoms with Crippen LogP contribution in [0.1, 0.15) is 15.9 Å². The van der Waals surface area contributed by atoms with Crippen LogP contribution in [0.25, 0.3) is 6.08 Å². The van der Waals surface area contributed by atoms with Gasteiger partial charge in [-0.25, -0.2) is 9.79 Å². The van der Waals surface area contributed by atoms with Crippen LogP contribution in [-0.2, 0) is 4.79 Å². The Balaban J connectivity index is 1.94. The fourth-order valence-corrected chi connectivity index (χ4v) is 3.48. The monoisotopic (exact) mass is 399 g/mol. The second-order valence-electron chi connectivity index (χ2n) is 5.46. The van der Waals surface area contributed by atoms with Gasteiger partial charge in [-0.2, -0.15) is 0 Å². The molecule has 6 nitrogen and oxygen atoms in total. The molecule has 27 heavy (non-hydrogen) atoms. The van der Waals surface area contributed by atoms with Gasteiger partial charge in [0.2, 0.25) is 0 Å². The fraction of sp³-hybridized carbons (Fsp3) is 0.0526. The van der Waals surface area contributed by atoms with Crippen LogP contribution in [0.4, 0.5) is 5.69 Å². The van der Waals surface area contributed by atoms with Crippen molar-refractivity contribution in [3.8, 4) is 0 Å². The van der Waals surface area contributed by atoms with Crippen molar-refractivity contribution < 1.29 is 14.7 Å². The van der Waals surface area contributed by atoms with E-state index in [2.05, 4.69) is 16.6 Å². The molecular weight excluding hydrogens is 386 g/mol. The van der Waals surface area contributed by atoms with Crippen LogP contribution in [0, 0.1) is 0 Å². The molecule has 0 radical (unpaired) electrons. The summed E-state index contributed by atoms with van der Waals surface area (Å²) in [6.07, 6.45) is 6.38. The molecule has 1 aliphatic rings. The van der Waals surface area contributed by atoms with Crippen molar-refractivity contribution >= 4 is 52.2 Å². The first kappa shape index (κ1) is 18.9. The average molecular weight is 400 g/mol. The van der Waals surface area contributed by atoms with Crippen molar-refractivity contribution in [3.05, 3.63) is 76.4 Å². The quantitative estimate of drug-likeness (QED) is 0.601. The summed E-state index contributed by atoms with van der Waals surface area (Å²) in [5.74, 6) is -1.20. The molecule has 1 N–H and O–H groups in total. The SMILES string of the molecule is C=CCN1C(=O)/C(=C/c2ccc(C(=O)O)cc2)SC1=Nc1ccncc1Cl. The summed E-state index contributed by atoms with van der Waals surface area (Å²) < 4.78 is 0. The van der Waals surface area contributed by atoms with E-state index in [1.807, 2.05) is 0 Å². The number of rotatable bonds is 5. The molecule has 1 aromatic carbocycles. The summed E-state index contributed by atoms with van der Waals surface area (Å²) in [7, 11) is 0. The summed E-state index contributed by atoms with van der Waals surface area (Å²) in [4.78, 5) is 34.1. The number of halogens is 1. The lowest BCUT2D eigenvalue weighted by molar-refractivity contribution is -0.121. The van der Waals surface area contributed by atoms with Crippen molar-refractivity contribution in [2.45, 2.75) is 0 Å². The van der Waals surface area contributed by atoms with E-state index in [1.165, 1.54) is 35.0 Å². The molecule has 0 atom stereocenters. The number of nitrogens with zero attached hydrogens (tertiary/aromatic N) is 3. The minimum atomic E-state index is -0.999. The van der Waals surface area contributed by atoms with Crippen LogP contribution < -0.4 is 0 Å². The first-order valence-electron chi connectivity index (χ1n) is 7.83. The van der Waals surface area contributed by atoms with E-state index in [-0.39, 0.29) is 11.5 Å². The zero-order valence-electron chi connectivity index (χ0n) is 14.0. The third kappa shape index (κ3) is 4.27. The summed E-state index contributed by atoms with van der Waals surface area (Å²) in [6.45, 7) is 3.99. The van der Waals surface area contributed by atoms with Gasteiger partial charge >= 0.3 is 5.97 Å². The number of thioether (sulfide) groups is 1. The largest absolute Gasteiger partial charge is 0.478 e. The van der Waals surface area contributed by atoms with Gasteiger partial charge in [-0.3, -0.25) is 14.7 Å². The normalized spacial score (nSPS) is 16.9. The topological polar surface area (TPSA) is 82.9 Å². The number of carbonyl (C=O) groups excluding carboxylic acids is 1. The van der Waals surface area contributed by atoms with Crippen LogP contribution in [0.2, 0.25) is 5.02 Å². The van der Waals surface area contributed by atoms with E-state index in [0.717, 1.165) is 5.56 Å². The Labute approximate surface area is 164 Å². The van der Waals surface area contributed by atoms with Crippen molar-refractivity contribution in [1.29, 1.82) is 0 Å². The maximum atomic E-state index is 12.7. The Bertz CT molecular complexity index is 970. The maximum absolute atomic E-state index is 12.7. The van der Waals surface area contributed by atoms with Gasteiger partial charge in [0.05, 0.1) is 21.2 Å². The average Bonchev–Trinajstić information content (AvgIpc) is 2.93. The Morgan fingerprint density at radius 3 is 2.70 bits per heavy atom. The molecular formula is C19H14ClN3O3S. The van der Waals surface area contributed by atoms with Crippen LogP contribution in [0.15, 0.2) is 65.3 Å². The molecule has 1 aliphatic heterocycles. The minimum absolute atomic E-state index is 0.186. The molecule has 1 fully saturated rings. The van der Waals surface area contributed by atoms with Crippen molar-refractivity contribution in [3.63, 3.8) is 0 Å². The van der Waals surface area contributed by atoms with Gasteiger partial charge in [0.25, 0.3) is 5.91 Å². The highest BCUT2D eigenvalue weighted by Gasteiger charge is 2.32. The Hall–Kier alpha value is -2.90. The number of carbonyl (C=O) groups is 2. The zero-order chi connectivity index (χ0) is 19.4. The number of carboxylic acid groups (broad SMARTS) is 1. The molecule has 0 saturated carbocycles. The second kappa shape index (κ2) is 8.20. The molecule has 0 unspecified atom stereocenters. The smallest absolute Gasteiger partial charge is 0.335 e. The van der Waals surface area contributed by atoms with E-state index in [1.54, 1.807) is 36.5 Å². The molecule has 1 amide bonds. The van der Waals surface area contributed by atoms with Gasteiger partial charge in [-0.15, -0.1) is 6.58 Å². The first-order chi connectivity index (χ1) is 13.0. The molecule has 0 spiro atoms. The highest BCUT2D eigenvalue weighted by atomic mass is 35.5. The molecule has 0 bridgehead atoms. The summed E-state index contributed by atoms with van der Waals surface area (Å²) >= 11 is 7.33. The molecule has 2 aromatic rings. The fourth-order valence-electron chi connectivity index (χ4n) is 2.32. The molecule has 136 valence electrons. The second-order valence-corrected chi connectivity index (χ2v) is 6.88. The predicted octanol–water partition coefficient (Wildman–Crippen LogP) is 4.22. The van der Waals surface area contributed by atoms with Crippen LogP contribution in [0.5, 0.6) is 0 Å². The number of pyridine rings is 1. The van der Waals surface area contributed by atoms with E-state index >= 15 is 0 Å². The number of aliphatic imine (C=N–C) groups is 1. The number of hydrogen-bond donors (Lipinski definition) is 1. The lowest BCUT2D eigenvalue weighted by Crippen LogP contribution is -2.29. The third-order valence-electron chi connectivity index (χ3n) is 3.62. The van der Waals surface area contributed by atoms with Gasteiger partial charge < -0.3 is 5.11 Å². The standard InChI is InChI=1S/C19H14ClN3O3S/c1-2-9-23-17(24)16(10-12-3-5-13(6-4-12)18(25)26)27-19(23)22-15-7-8-21-11-14(15)20/h2-8,10-11H,1,9H2,(H,25,26)/b16-10-,22-19?. The predicted molar refractivity (Wildman–Crippen MR) is 107 cm³/mol. The van der Waals surface area contributed by atoms with E-state index in [4.69, 9.17) is 16.7 Å². The van der Waals surface area contributed by atoms with Crippen LogP contribution in [0.3, 0.4) is 0 Å². The molecule has 0 aliphatic carbocycles. The lowest BCUT2D eigenvalue weighted by atomic mass is 10.1. The number of aromatic nitrogens is 1. The summed E-state index contributed by atoms with van der Waals surface area (Å²) in [5, 5.41) is 9.85. The van der Waals surface area contributed by atoms with Gasteiger partial charge in [-0.1, -0.05) is 29.8 Å². The summed E-state index contributed by atoms with van der Waals surface area (Å²) in [5.41, 5.74) is 1.42. The zero-order valence-corrected chi connectivity index (χ0v) is 15.6. The minimum Gasteiger partial charge on any atom is -0.478 e. The summed E-state index contributed by atoms with van der Waals surface area (Å²) in [6, 6.07) is 7.95. The van der Waals surface area contributed by atoms with Gasteiger partial charge in [0, 0.05) is 18.9 Å². The molecule has 1 saturated heterocycles. The van der Waals surface area contributed by atoms with E-state index < -0.39 is 5.97 Å². The Morgan fingerprint density at radius 2 is 2.07 bits per heavy atom. The molecule has 2 heterocycles. The third-order valence-corrected chi connectivity index (χ3v) is 4.92. The number of amidine groups is 1. The first-order valence-corrected chi connectivity index (χ1v) is 9.03. The van der Waals surface area contributed by atoms with E-state index in [0.29, 0.717) is 27.3 Å². The van der Waals surface area contributed by atoms with Crippen molar-refractivity contribution in [2.24, 2.45) is 4.99 Å². The van der Waals surface area contributed by atoms with Gasteiger partial charge in [0.1, 0.15) is 0 Å². The van der Waals surface area contributed by atoms with Crippen molar-refractivity contribution in [2.75, 3.05) is 6.54 Å². The molecule has 1 aromatic heterocycles. The lowest BCUT2D eigenvalue weighted by Gasteiger charge is -2.12. The Kier molecular flexibility index (Phi) is 5.73. The Morgan fingerprint density at radius 1 is 1.33 bits per heavy atom. The maximum Gasteiger partial charge on any atom is 0.335 e. The highest BCUT2D eigenvalue weighted by Crippen LogP contribution is 2.35. The van der Waals surface area contributed by atoms with Crippen LogP contribution in [-0.4, -0.2) is 38.6 Å². The molecule has 8 heteroatoms. The number of amides is 1. The van der Waals surface area contributed by atoms with Crippen molar-refractivity contribution in [1.82, 2.24) is 9.88 Å². The highest BCUT2D eigenvalue weighted by molar-refractivity contribution is 8.18.